The van der Waals surface area contributed by atoms with E-state index in [1.54, 1.807) is 0 Å². The van der Waals surface area contributed by atoms with E-state index in [9.17, 15) is 0 Å². The van der Waals surface area contributed by atoms with Crippen LogP contribution < -0.4 is 0 Å². The quantitative estimate of drug-likeness (QED) is 0.473. The lowest BCUT2D eigenvalue weighted by atomic mass is 10.7. The predicted molar refractivity (Wildman–Crippen MR) is 17.6 cm³/mol. The van der Waals surface area contributed by atoms with Gasteiger partial charge in [-0.1, -0.05) is 0 Å². The second-order valence-electron chi connectivity index (χ2n) is 1.17. The number of nitrogens with one attached hydrogen (secondary N) is 1. The van der Waals surface area contributed by atoms with Crippen molar-refractivity contribution in [3.63, 3.8) is 0 Å². The molecule has 0 aromatic rings. The van der Waals surface area contributed by atoms with Gasteiger partial charge in [-0.25, -0.2) is 0 Å². The zero-order valence-corrected chi connectivity index (χ0v) is 2.52. The largest absolute Gasteiger partial charge is 0.276 e. The molecule has 0 atom stereocenters. The van der Waals surface area contributed by atoms with E-state index >= 15 is 0 Å². The molecule has 0 fully saturated rings. The molecule has 1 aliphatic carbocycles. The van der Waals surface area contributed by atoms with Crippen molar-refractivity contribution in [2.24, 2.45) is 0 Å². The van der Waals surface area contributed by atoms with Gasteiger partial charge in [-0.05, 0) is 6.07 Å². The third kappa shape index (κ3) is 0.0451. The van der Waals surface area contributed by atoms with Crippen LogP contribution in [0.2, 0.25) is 0 Å². The van der Waals surface area contributed by atoms with E-state index in [4.69, 9.17) is 0 Å². The number of rotatable bonds is 0. The molecule has 2 aliphatic rings. The van der Waals surface area contributed by atoms with E-state index in [0.717, 1.165) is 5.69 Å². The van der Waals surface area contributed by atoms with Gasteiger partial charge in [-0.3, -0.25) is 5.10 Å². The van der Waals surface area contributed by atoms with Crippen LogP contribution in [0.1, 0.15) is 0 Å². The van der Waals surface area contributed by atoms with Crippen molar-refractivity contribution < 1.29 is 0 Å². The van der Waals surface area contributed by atoms with E-state index in [1.165, 1.54) is 5.69 Å². The molecule has 2 heteroatoms. The summed E-state index contributed by atoms with van der Waals surface area (Å²) in [5.74, 6) is 0. The van der Waals surface area contributed by atoms with Crippen molar-refractivity contribution in [1.82, 2.24) is 10.2 Å². The Hall–Kier alpha value is -0.790. The van der Waals surface area contributed by atoms with Crippen LogP contribution in [0, 0.1) is 0 Å². The van der Waals surface area contributed by atoms with Crippen molar-refractivity contribution in [3.05, 3.63) is 6.07 Å². The van der Waals surface area contributed by atoms with E-state index in [-0.39, 0.29) is 0 Å². The van der Waals surface area contributed by atoms with Gasteiger partial charge in [-0.15, -0.1) is 0 Å². The van der Waals surface area contributed by atoms with Gasteiger partial charge < -0.3 is 0 Å². The smallest absolute Gasteiger partial charge is 0.111 e. The van der Waals surface area contributed by atoms with Crippen LogP contribution in [0.3, 0.4) is 0 Å². The molecule has 0 amide bonds. The van der Waals surface area contributed by atoms with E-state index in [2.05, 4.69) is 10.2 Å². The monoisotopic (exact) mass is 66.0 g/mol. The summed E-state index contributed by atoms with van der Waals surface area (Å²) in [6.07, 6.45) is 0. The lowest BCUT2D eigenvalue weighted by Gasteiger charge is -1.79. The van der Waals surface area contributed by atoms with Crippen molar-refractivity contribution in [1.29, 1.82) is 0 Å². The highest BCUT2D eigenvalue weighted by Crippen LogP contribution is 2.28. The van der Waals surface area contributed by atoms with Gasteiger partial charge in [0.05, 0.1) is 5.69 Å². The highest BCUT2D eigenvalue weighted by molar-refractivity contribution is 5.72. The summed E-state index contributed by atoms with van der Waals surface area (Å²) in [5, 5.41) is 6.45. The predicted octanol–water partition coefficient (Wildman–Crippen LogP) is 0.390. The maximum absolute atomic E-state index is 3.72. The Balaban J connectivity index is 3.13. The molecule has 0 aromatic carbocycles. The molecular formula is C3H2N2. The fraction of sp³-hybridized carbons (Fsp3) is 0. The van der Waals surface area contributed by atoms with Crippen molar-refractivity contribution in [2.75, 3.05) is 0 Å². The van der Waals surface area contributed by atoms with Gasteiger partial charge in [0.15, 0.2) is 0 Å². The first-order chi connectivity index (χ1) is 2.47. The minimum absolute atomic E-state index is 1.16. The van der Waals surface area contributed by atoms with Crippen LogP contribution in [0.4, 0.5) is 0 Å². The number of hydrogen-bond acceptors (Lipinski definition) is 1. The number of aromatic amines is 1. The molecule has 0 aromatic heterocycles. The summed E-state index contributed by atoms with van der Waals surface area (Å²) < 4.78 is 0. The summed E-state index contributed by atoms with van der Waals surface area (Å²) in [6.45, 7) is 0. The van der Waals surface area contributed by atoms with Crippen LogP contribution in [0.5, 0.6) is 0 Å². The third-order valence-electron chi connectivity index (χ3n) is 0.770. The molecule has 5 heavy (non-hydrogen) atoms. The molecule has 0 saturated carbocycles. The van der Waals surface area contributed by atoms with Crippen LogP contribution in [-0.2, 0) is 0 Å². The topological polar surface area (TPSA) is 28.7 Å². The fourth-order valence-corrected chi connectivity index (χ4v) is 0.350. The second kappa shape index (κ2) is 0.233. The van der Waals surface area contributed by atoms with Gasteiger partial charge in [-0.2, -0.15) is 5.10 Å². The lowest BCUT2D eigenvalue weighted by Crippen LogP contribution is -1.78. The number of H-pyrrole nitrogens is 1. The molecule has 0 saturated heterocycles. The first kappa shape index (κ1) is 1.60. The van der Waals surface area contributed by atoms with Gasteiger partial charge in [0, 0.05) is 0 Å². The average Bonchev–Trinajstić information content (AvgIpc) is 1.74. The minimum Gasteiger partial charge on any atom is -0.276 e. The van der Waals surface area contributed by atoms with Crippen LogP contribution >= 0.6 is 0 Å². The number of fused-ring (bicyclic) bond motifs is 1. The Morgan fingerprint density at radius 1 is 1.80 bits per heavy atom. The number of nitrogens with zero attached hydrogens (tertiary/aromatic N) is 1. The van der Waals surface area contributed by atoms with Gasteiger partial charge in [0.2, 0.25) is 0 Å². The fourth-order valence-electron chi connectivity index (χ4n) is 0.350. The molecule has 2 rings (SSSR count). The van der Waals surface area contributed by atoms with Crippen molar-refractivity contribution in [2.45, 2.75) is 0 Å². The van der Waals surface area contributed by atoms with E-state index < -0.39 is 0 Å². The first-order valence-corrected chi connectivity index (χ1v) is 1.52. The van der Waals surface area contributed by atoms with Crippen molar-refractivity contribution in [3.8, 4) is 11.4 Å². The molecule has 0 radical (unpaired) electrons. The van der Waals surface area contributed by atoms with E-state index in [0.29, 0.717) is 0 Å². The normalized spacial score (nSPS) is 12.0. The Bertz CT molecular complexity index is 130. The van der Waals surface area contributed by atoms with E-state index in [1.807, 2.05) is 6.07 Å². The summed E-state index contributed by atoms with van der Waals surface area (Å²) in [4.78, 5) is 0. The summed E-state index contributed by atoms with van der Waals surface area (Å²) in [5.41, 5.74) is 2.38. The van der Waals surface area contributed by atoms with Crippen LogP contribution in [-0.4, -0.2) is 10.2 Å². The van der Waals surface area contributed by atoms with Gasteiger partial charge >= 0.3 is 0 Å². The zero-order valence-electron chi connectivity index (χ0n) is 2.52. The number of aromatic nitrogens is 2. The molecule has 0 unspecified atom stereocenters. The zero-order chi connectivity index (χ0) is 3.28. The molecular weight excluding hydrogens is 64.0 g/mol. The molecule has 24 valence electrons. The molecule has 1 aliphatic heterocycles. The molecule has 0 bridgehead atoms. The molecule has 0 spiro atoms. The lowest BCUT2D eigenvalue weighted by molar-refractivity contribution is 1.03. The summed E-state index contributed by atoms with van der Waals surface area (Å²) in [6, 6.07) is 2.00. The summed E-state index contributed by atoms with van der Waals surface area (Å²) in [7, 11) is 0. The summed E-state index contributed by atoms with van der Waals surface area (Å²) >= 11 is 0. The van der Waals surface area contributed by atoms with Gasteiger partial charge in [0.1, 0.15) is 5.69 Å². The number of hydrogen-bond donors (Lipinski definition) is 1. The second-order valence-corrected chi connectivity index (χ2v) is 1.17. The molecule has 1 N–H and O–H groups in total. The highest BCUT2D eigenvalue weighted by atomic mass is 15.2. The SMILES string of the molecule is c1c2n[nH]c1-2. The minimum atomic E-state index is 1.16. The van der Waals surface area contributed by atoms with Gasteiger partial charge in [0.25, 0.3) is 0 Å². The Labute approximate surface area is 28.8 Å². The maximum atomic E-state index is 3.72. The van der Waals surface area contributed by atoms with Crippen molar-refractivity contribution >= 4 is 0 Å². The first-order valence-electron chi connectivity index (χ1n) is 1.52. The Kier molecular flexibility index (Phi) is 0.0743. The standard InChI is InChI=1S/C3H2N2/c1-2-3(1)5-4-2/h1H,(H,4,5). The van der Waals surface area contributed by atoms with Crippen LogP contribution in [0.15, 0.2) is 6.07 Å². The molecule has 1 heterocycles. The Morgan fingerprint density at radius 3 is 2.60 bits per heavy atom. The van der Waals surface area contributed by atoms with Crippen LogP contribution in [0.25, 0.3) is 11.4 Å². The Morgan fingerprint density at radius 2 is 2.60 bits per heavy atom. The molecule has 2 nitrogen and oxygen atoms in total. The maximum Gasteiger partial charge on any atom is 0.111 e. The third-order valence-corrected chi connectivity index (χ3v) is 0.770. The average molecular weight is 66.1 g/mol. The highest BCUT2D eigenvalue weighted by Gasteiger charge is 2.15.